The molecule has 0 aliphatic heterocycles. The molecule has 0 N–H and O–H groups in total. The Morgan fingerprint density at radius 1 is 1.33 bits per heavy atom. The Balaban J connectivity index is 2.51. The number of rotatable bonds is 4. The van der Waals surface area contributed by atoms with Crippen molar-refractivity contribution in [2.75, 3.05) is 6.61 Å². The summed E-state index contributed by atoms with van der Waals surface area (Å²) in [4.78, 5) is 11.1. The van der Waals surface area contributed by atoms with Crippen molar-refractivity contribution in [3.63, 3.8) is 0 Å². The summed E-state index contributed by atoms with van der Waals surface area (Å²) in [5, 5.41) is 0. The average Bonchev–Trinajstić information content (AvgIpc) is 2.48. The van der Waals surface area contributed by atoms with Crippen LogP contribution in [0.15, 0.2) is 36.2 Å². The van der Waals surface area contributed by atoms with Gasteiger partial charge < -0.3 is 4.74 Å². The van der Waals surface area contributed by atoms with Crippen molar-refractivity contribution in [3.05, 3.63) is 53.4 Å². The van der Waals surface area contributed by atoms with Gasteiger partial charge >= 0.3 is 0 Å². The predicted molar refractivity (Wildman–Crippen MR) is 68.8 cm³/mol. The molecule has 21 heavy (non-hydrogen) atoms. The number of ether oxygens (including phenoxy) is 1. The first-order chi connectivity index (χ1) is 9.96. The van der Waals surface area contributed by atoms with E-state index in [4.69, 9.17) is 4.74 Å². The van der Waals surface area contributed by atoms with Crippen LogP contribution in [-0.4, -0.2) is 24.7 Å². The average molecular weight is 300 g/mol. The zero-order valence-corrected chi connectivity index (χ0v) is 11.1. The van der Waals surface area contributed by atoms with E-state index in [0.29, 0.717) is 0 Å². The molecule has 0 amide bonds. The fourth-order valence-electron chi connectivity index (χ4n) is 2.15. The molecule has 6 heteroatoms. The summed E-state index contributed by atoms with van der Waals surface area (Å²) in [7, 11) is 0. The SMILES string of the molecule is CCOC1(C=O)C=CC(c2cccc(F)c2F)=C(F)C1F. The van der Waals surface area contributed by atoms with E-state index < -0.39 is 40.4 Å². The first-order valence-electron chi connectivity index (χ1n) is 6.24. The van der Waals surface area contributed by atoms with Gasteiger partial charge in [0.15, 0.2) is 29.7 Å². The van der Waals surface area contributed by atoms with E-state index in [2.05, 4.69) is 0 Å². The third kappa shape index (κ3) is 2.51. The summed E-state index contributed by atoms with van der Waals surface area (Å²) in [5.41, 5.74) is -2.94. The summed E-state index contributed by atoms with van der Waals surface area (Å²) in [6, 6.07) is 3.17. The van der Waals surface area contributed by atoms with Gasteiger partial charge in [-0.25, -0.2) is 17.6 Å². The number of hydrogen-bond donors (Lipinski definition) is 0. The maximum atomic E-state index is 14.2. The molecule has 0 bridgehead atoms. The Morgan fingerprint density at radius 3 is 2.67 bits per heavy atom. The number of hydrogen-bond acceptors (Lipinski definition) is 2. The van der Waals surface area contributed by atoms with Crippen molar-refractivity contribution >= 4 is 11.9 Å². The zero-order chi connectivity index (χ0) is 15.6. The second-order valence-corrected chi connectivity index (χ2v) is 4.46. The number of carbonyl (C=O) groups is 1. The van der Waals surface area contributed by atoms with Gasteiger partial charge in [0.2, 0.25) is 0 Å². The van der Waals surface area contributed by atoms with Crippen LogP contribution in [0.5, 0.6) is 0 Å². The molecule has 0 heterocycles. The highest BCUT2D eigenvalue weighted by Gasteiger charge is 2.44. The van der Waals surface area contributed by atoms with Gasteiger partial charge in [-0.2, -0.15) is 0 Å². The van der Waals surface area contributed by atoms with E-state index in [9.17, 15) is 22.4 Å². The number of halogens is 4. The minimum atomic E-state index is -2.42. The summed E-state index contributed by atoms with van der Waals surface area (Å²) in [5.74, 6) is -3.83. The van der Waals surface area contributed by atoms with Crippen LogP contribution in [-0.2, 0) is 9.53 Å². The summed E-state index contributed by atoms with van der Waals surface area (Å²) >= 11 is 0. The smallest absolute Gasteiger partial charge is 0.191 e. The van der Waals surface area contributed by atoms with Crippen LogP contribution in [0.25, 0.3) is 5.57 Å². The van der Waals surface area contributed by atoms with Crippen LogP contribution in [0.4, 0.5) is 17.6 Å². The van der Waals surface area contributed by atoms with Crippen molar-refractivity contribution < 1.29 is 27.1 Å². The Morgan fingerprint density at radius 2 is 2.05 bits per heavy atom. The molecule has 0 saturated heterocycles. The van der Waals surface area contributed by atoms with Crippen LogP contribution < -0.4 is 0 Å². The molecule has 0 fully saturated rings. The topological polar surface area (TPSA) is 26.3 Å². The van der Waals surface area contributed by atoms with E-state index in [1.807, 2.05) is 0 Å². The molecule has 2 unspecified atom stereocenters. The molecule has 2 rings (SSSR count). The van der Waals surface area contributed by atoms with Crippen molar-refractivity contribution in [1.29, 1.82) is 0 Å². The van der Waals surface area contributed by atoms with Crippen molar-refractivity contribution in [2.24, 2.45) is 0 Å². The summed E-state index contributed by atoms with van der Waals surface area (Å²) < 4.78 is 60.2. The van der Waals surface area contributed by atoms with Crippen molar-refractivity contribution in [2.45, 2.75) is 18.7 Å². The zero-order valence-electron chi connectivity index (χ0n) is 11.1. The molecule has 2 atom stereocenters. The predicted octanol–water partition coefficient (Wildman–Crippen LogP) is 3.53. The fourth-order valence-corrected chi connectivity index (χ4v) is 2.15. The minimum absolute atomic E-state index is 0.0135. The van der Waals surface area contributed by atoms with Crippen LogP contribution in [0, 0.1) is 11.6 Å². The third-order valence-corrected chi connectivity index (χ3v) is 3.21. The quantitative estimate of drug-likeness (QED) is 0.628. The second-order valence-electron chi connectivity index (χ2n) is 4.46. The Labute approximate surface area is 118 Å². The number of allylic oxidation sites excluding steroid dienone is 2. The molecule has 0 radical (unpaired) electrons. The lowest BCUT2D eigenvalue weighted by Crippen LogP contribution is -2.44. The Kier molecular flexibility index (Phi) is 4.27. The van der Waals surface area contributed by atoms with E-state index in [-0.39, 0.29) is 12.9 Å². The van der Waals surface area contributed by atoms with Gasteiger partial charge in [-0.05, 0) is 19.1 Å². The molecular formula is C15H12F4O2. The van der Waals surface area contributed by atoms with E-state index in [1.165, 1.54) is 13.0 Å². The first kappa shape index (κ1) is 15.4. The molecule has 0 aromatic heterocycles. The van der Waals surface area contributed by atoms with Crippen molar-refractivity contribution in [3.8, 4) is 0 Å². The largest absolute Gasteiger partial charge is 0.360 e. The second kappa shape index (κ2) is 5.81. The normalized spacial score (nSPS) is 25.3. The number of aldehydes is 1. The maximum Gasteiger partial charge on any atom is 0.191 e. The number of benzene rings is 1. The highest BCUT2D eigenvalue weighted by Crippen LogP contribution is 2.37. The lowest BCUT2D eigenvalue weighted by atomic mass is 9.87. The maximum absolute atomic E-state index is 14.2. The third-order valence-electron chi connectivity index (χ3n) is 3.21. The minimum Gasteiger partial charge on any atom is -0.360 e. The summed E-state index contributed by atoms with van der Waals surface area (Å²) in [6.45, 7) is 1.51. The highest BCUT2D eigenvalue weighted by atomic mass is 19.2. The first-order valence-corrected chi connectivity index (χ1v) is 6.24. The molecule has 1 aliphatic carbocycles. The molecule has 0 spiro atoms. The summed E-state index contributed by atoms with van der Waals surface area (Å²) in [6.07, 6.45) is -0.238. The van der Waals surface area contributed by atoms with E-state index >= 15 is 0 Å². The molecule has 1 aliphatic rings. The van der Waals surface area contributed by atoms with Gasteiger partial charge in [0.1, 0.15) is 5.83 Å². The van der Waals surface area contributed by atoms with Gasteiger partial charge in [-0.15, -0.1) is 0 Å². The number of carbonyl (C=O) groups excluding carboxylic acids is 1. The molecule has 112 valence electrons. The molecule has 0 saturated carbocycles. The van der Waals surface area contributed by atoms with Crippen LogP contribution in [0.1, 0.15) is 12.5 Å². The van der Waals surface area contributed by atoms with Crippen LogP contribution >= 0.6 is 0 Å². The highest BCUT2D eigenvalue weighted by molar-refractivity contribution is 5.83. The van der Waals surface area contributed by atoms with E-state index in [0.717, 1.165) is 24.3 Å². The van der Waals surface area contributed by atoms with Gasteiger partial charge in [0.05, 0.1) is 0 Å². The molecule has 1 aromatic rings. The van der Waals surface area contributed by atoms with Gasteiger partial charge in [0, 0.05) is 17.7 Å². The lowest BCUT2D eigenvalue weighted by Gasteiger charge is -2.31. The Bertz CT molecular complexity index is 624. The Hall–Kier alpha value is -1.95. The van der Waals surface area contributed by atoms with Crippen LogP contribution in [0.3, 0.4) is 0 Å². The fraction of sp³-hybridized carbons (Fsp3) is 0.267. The van der Waals surface area contributed by atoms with Crippen molar-refractivity contribution in [1.82, 2.24) is 0 Å². The standard InChI is InChI=1S/C15H12F4O2/c1-2-21-15(8-20)7-6-10(13(18)14(15)19)9-4-3-5-11(16)12(9)17/h3-8,14H,2H2,1H3. The van der Waals surface area contributed by atoms with Gasteiger partial charge in [-0.3, -0.25) is 4.79 Å². The lowest BCUT2D eigenvalue weighted by molar-refractivity contribution is -0.131. The van der Waals surface area contributed by atoms with Gasteiger partial charge in [-0.1, -0.05) is 18.2 Å². The van der Waals surface area contributed by atoms with Gasteiger partial charge in [0.25, 0.3) is 0 Å². The van der Waals surface area contributed by atoms with E-state index in [1.54, 1.807) is 0 Å². The van der Waals surface area contributed by atoms with Crippen LogP contribution in [0.2, 0.25) is 0 Å². The number of alkyl halides is 1. The molecular weight excluding hydrogens is 288 g/mol. The molecule has 2 nitrogen and oxygen atoms in total. The molecule has 1 aromatic carbocycles. The monoisotopic (exact) mass is 300 g/mol.